The minimum absolute atomic E-state index is 0.177. The quantitative estimate of drug-likeness (QED) is 0.917. The molecule has 0 bridgehead atoms. The number of nitrogens with one attached hydrogen (secondary N) is 1. The second kappa shape index (κ2) is 6.84. The largest absolute Gasteiger partial charge is 0.340 e. The Morgan fingerprint density at radius 1 is 1.40 bits per heavy atom. The highest BCUT2D eigenvalue weighted by Gasteiger charge is 2.21. The van der Waals surface area contributed by atoms with Gasteiger partial charge in [-0.25, -0.2) is 4.39 Å². The standard InChI is InChI=1S/C16H23FN2O/c1-3-13(14-4-5-15(17)12(2)10-14)11-16(20)19-8-6-18-7-9-19/h4-5,10,13,18H,3,6-9,11H2,1-2H3. The zero-order valence-corrected chi connectivity index (χ0v) is 12.3. The first-order valence-electron chi connectivity index (χ1n) is 7.36. The molecule has 4 heteroatoms. The predicted octanol–water partition coefficient (Wildman–Crippen LogP) is 2.45. The van der Waals surface area contributed by atoms with Crippen molar-refractivity contribution in [1.82, 2.24) is 10.2 Å². The minimum Gasteiger partial charge on any atom is -0.340 e. The Morgan fingerprint density at radius 2 is 2.10 bits per heavy atom. The molecule has 1 atom stereocenters. The van der Waals surface area contributed by atoms with Crippen molar-refractivity contribution >= 4 is 5.91 Å². The van der Waals surface area contributed by atoms with Crippen molar-refractivity contribution in [2.75, 3.05) is 26.2 Å². The summed E-state index contributed by atoms with van der Waals surface area (Å²) >= 11 is 0. The number of piperazine rings is 1. The zero-order chi connectivity index (χ0) is 14.5. The van der Waals surface area contributed by atoms with Crippen LogP contribution >= 0.6 is 0 Å². The zero-order valence-electron chi connectivity index (χ0n) is 12.3. The Labute approximate surface area is 120 Å². The number of carbonyl (C=O) groups excluding carboxylic acids is 1. The van der Waals surface area contributed by atoms with Gasteiger partial charge in [0.2, 0.25) is 5.91 Å². The molecular formula is C16H23FN2O. The Bertz CT molecular complexity index is 470. The molecule has 1 fully saturated rings. The summed E-state index contributed by atoms with van der Waals surface area (Å²) in [5.74, 6) is 0.203. The second-order valence-corrected chi connectivity index (χ2v) is 5.45. The van der Waals surface area contributed by atoms with Crippen molar-refractivity contribution in [2.24, 2.45) is 0 Å². The van der Waals surface area contributed by atoms with E-state index in [9.17, 15) is 9.18 Å². The maximum atomic E-state index is 13.3. The van der Waals surface area contributed by atoms with E-state index in [0.29, 0.717) is 12.0 Å². The van der Waals surface area contributed by atoms with Gasteiger partial charge in [-0.15, -0.1) is 0 Å². The van der Waals surface area contributed by atoms with Gasteiger partial charge >= 0.3 is 0 Å². The number of halogens is 1. The molecular weight excluding hydrogens is 255 g/mol. The highest BCUT2D eigenvalue weighted by Crippen LogP contribution is 2.25. The van der Waals surface area contributed by atoms with Crippen LogP contribution in [0.3, 0.4) is 0 Å². The fraction of sp³-hybridized carbons (Fsp3) is 0.562. The van der Waals surface area contributed by atoms with E-state index in [1.807, 2.05) is 17.0 Å². The number of carbonyl (C=O) groups is 1. The van der Waals surface area contributed by atoms with Crippen molar-refractivity contribution in [2.45, 2.75) is 32.6 Å². The first kappa shape index (κ1) is 15.0. The third kappa shape index (κ3) is 3.57. The van der Waals surface area contributed by atoms with Gasteiger partial charge in [0.1, 0.15) is 5.82 Å². The van der Waals surface area contributed by atoms with Crippen LogP contribution in [0.2, 0.25) is 0 Å². The van der Waals surface area contributed by atoms with E-state index in [0.717, 1.165) is 38.2 Å². The topological polar surface area (TPSA) is 32.3 Å². The van der Waals surface area contributed by atoms with Crippen LogP contribution < -0.4 is 5.32 Å². The maximum Gasteiger partial charge on any atom is 0.223 e. The van der Waals surface area contributed by atoms with Gasteiger partial charge in [0.15, 0.2) is 0 Å². The SMILES string of the molecule is CCC(CC(=O)N1CCNCC1)c1ccc(F)c(C)c1. The molecule has 0 radical (unpaired) electrons. The fourth-order valence-electron chi connectivity index (χ4n) is 2.67. The molecule has 1 aliphatic rings. The Kier molecular flexibility index (Phi) is 5.12. The molecule has 3 nitrogen and oxygen atoms in total. The molecule has 20 heavy (non-hydrogen) atoms. The van der Waals surface area contributed by atoms with Gasteiger partial charge in [-0.1, -0.05) is 19.1 Å². The Hall–Kier alpha value is -1.42. The van der Waals surface area contributed by atoms with Gasteiger partial charge in [-0.2, -0.15) is 0 Å². The Balaban J connectivity index is 2.04. The number of amides is 1. The van der Waals surface area contributed by atoms with Crippen molar-refractivity contribution in [3.05, 3.63) is 35.1 Å². The number of benzene rings is 1. The molecule has 1 aliphatic heterocycles. The van der Waals surface area contributed by atoms with Gasteiger partial charge in [-0.3, -0.25) is 4.79 Å². The fourth-order valence-corrected chi connectivity index (χ4v) is 2.67. The molecule has 0 aliphatic carbocycles. The summed E-state index contributed by atoms with van der Waals surface area (Å²) in [7, 11) is 0. The van der Waals surface area contributed by atoms with Crippen LogP contribution in [-0.2, 0) is 4.79 Å². The summed E-state index contributed by atoms with van der Waals surface area (Å²) in [6.45, 7) is 7.17. The van der Waals surface area contributed by atoms with Crippen LogP contribution in [0.15, 0.2) is 18.2 Å². The molecule has 0 saturated carbocycles. The molecule has 2 rings (SSSR count). The molecule has 0 spiro atoms. The van der Waals surface area contributed by atoms with E-state index in [2.05, 4.69) is 12.2 Å². The Morgan fingerprint density at radius 3 is 2.70 bits per heavy atom. The van der Waals surface area contributed by atoms with Crippen molar-refractivity contribution in [1.29, 1.82) is 0 Å². The van der Waals surface area contributed by atoms with Crippen LogP contribution in [0.4, 0.5) is 4.39 Å². The van der Waals surface area contributed by atoms with E-state index in [-0.39, 0.29) is 17.6 Å². The number of hydrogen-bond acceptors (Lipinski definition) is 2. The van der Waals surface area contributed by atoms with Gasteiger partial charge in [-0.05, 0) is 36.5 Å². The third-order valence-electron chi connectivity index (χ3n) is 4.04. The van der Waals surface area contributed by atoms with Crippen LogP contribution in [-0.4, -0.2) is 37.0 Å². The van der Waals surface area contributed by atoms with Gasteiger partial charge < -0.3 is 10.2 Å². The molecule has 1 N–H and O–H groups in total. The summed E-state index contributed by atoms with van der Waals surface area (Å²) in [4.78, 5) is 14.2. The van der Waals surface area contributed by atoms with E-state index in [1.54, 1.807) is 6.92 Å². The molecule has 0 aromatic heterocycles. The highest BCUT2D eigenvalue weighted by atomic mass is 19.1. The van der Waals surface area contributed by atoms with E-state index < -0.39 is 0 Å². The molecule has 1 aromatic carbocycles. The summed E-state index contributed by atoms with van der Waals surface area (Å²) < 4.78 is 13.3. The molecule has 1 aromatic rings. The van der Waals surface area contributed by atoms with E-state index >= 15 is 0 Å². The number of aryl methyl sites for hydroxylation is 1. The molecule has 1 unspecified atom stereocenters. The van der Waals surface area contributed by atoms with Crippen LogP contribution in [0, 0.1) is 12.7 Å². The predicted molar refractivity (Wildman–Crippen MR) is 78.2 cm³/mol. The normalized spacial score (nSPS) is 17.1. The first-order chi connectivity index (χ1) is 9.61. The lowest BCUT2D eigenvalue weighted by molar-refractivity contribution is -0.132. The number of nitrogens with zero attached hydrogens (tertiary/aromatic N) is 1. The van der Waals surface area contributed by atoms with E-state index in [4.69, 9.17) is 0 Å². The number of hydrogen-bond donors (Lipinski definition) is 1. The summed E-state index contributed by atoms with van der Waals surface area (Å²) in [5, 5.41) is 3.25. The average Bonchev–Trinajstić information content (AvgIpc) is 2.48. The summed E-state index contributed by atoms with van der Waals surface area (Å²) in [6.07, 6.45) is 1.41. The van der Waals surface area contributed by atoms with Crippen molar-refractivity contribution in [3.8, 4) is 0 Å². The first-order valence-corrected chi connectivity index (χ1v) is 7.36. The number of rotatable bonds is 4. The average molecular weight is 278 g/mol. The molecule has 1 heterocycles. The molecule has 1 amide bonds. The van der Waals surface area contributed by atoms with Gasteiger partial charge in [0.25, 0.3) is 0 Å². The molecule has 1 saturated heterocycles. The highest BCUT2D eigenvalue weighted by molar-refractivity contribution is 5.77. The minimum atomic E-state index is -0.183. The lowest BCUT2D eigenvalue weighted by Gasteiger charge is -2.29. The lowest BCUT2D eigenvalue weighted by Crippen LogP contribution is -2.46. The van der Waals surface area contributed by atoms with Crippen LogP contribution in [0.1, 0.15) is 36.8 Å². The monoisotopic (exact) mass is 278 g/mol. The van der Waals surface area contributed by atoms with Gasteiger partial charge in [0, 0.05) is 32.6 Å². The lowest BCUT2D eigenvalue weighted by atomic mass is 9.91. The molecule has 110 valence electrons. The van der Waals surface area contributed by atoms with Crippen molar-refractivity contribution < 1.29 is 9.18 Å². The third-order valence-corrected chi connectivity index (χ3v) is 4.04. The second-order valence-electron chi connectivity index (χ2n) is 5.45. The van der Waals surface area contributed by atoms with Crippen molar-refractivity contribution in [3.63, 3.8) is 0 Å². The smallest absolute Gasteiger partial charge is 0.223 e. The van der Waals surface area contributed by atoms with E-state index in [1.165, 1.54) is 6.07 Å². The maximum absolute atomic E-state index is 13.3. The van der Waals surface area contributed by atoms with Crippen LogP contribution in [0.25, 0.3) is 0 Å². The summed E-state index contributed by atoms with van der Waals surface area (Å²) in [5.41, 5.74) is 1.71. The van der Waals surface area contributed by atoms with Crippen LogP contribution in [0.5, 0.6) is 0 Å². The summed E-state index contributed by atoms with van der Waals surface area (Å²) in [6, 6.07) is 5.18. The van der Waals surface area contributed by atoms with Gasteiger partial charge in [0.05, 0.1) is 0 Å².